The number of phenols is 3. The molecule has 0 saturated heterocycles. The molecule has 3 N–H and O–H groups in total. The average Bonchev–Trinajstić information content (AvgIpc) is 3.34. The van der Waals surface area contributed by atoms with Gasteiger partial charge in [0, 0.05) is 15.6 Å². The van der Waals surface area contributed by atoms with Crippen LogP contribution in [0.15, 0.2) is 157 Å². The third-order valence-corrected chi connectivity index (χ3v) is 13.8. The van der Waals surface area contributed by atoms with E-state index < -0.39 is 0 Å². The van der Waals surface area contributed by atoms with Gasteiger partial charge in [0.15, 0.2) is 0 Å². The molecule has 7 aromatic carbocycles. The fraction of sp³-hybridized carbons (Fsp3) is 0.481. The fourth-order valence-corrected chi connectivity index (χ4v) is 7.79. The molecule has 0 saturated carbocycles. The third kappa shape index (κ3) is 35.5. The summed E-state index contributed by atoms with van der Waals surface area (Å²) in [5, 5.41) is 32.2. The summed E-state index contributed by atoms with van der Waals surface area (Å²) in [6.07, 6.45) is 0. The first-order chi connectivity index (χ1) is 37.3. The van der Waals surface area contributed by atoms with Crippen LogP contribution in [0, 0.1) is 34.6 Å². The lowest BCUT2D eigenvalue weighted by Gasteiger charge is -2.20. The molecule has 0 aromatic heterocycles. The van der Waals surface area contributed by atoms with Gasteiger partial charge in [0.1, 0.15) is 17.2 Å². The normalized spacial score (nSPS) is 10.7. The van der Waals surface area contributed by atoms with Gasteiger partial charge in [-0.1, -0.05) is 339 Å². The molecule has 7 rings (SSSR count). The largest absolute Gasteiger partial charge is 0.508 e. The molecule has 6 nitrogen and oxygen atoms in total. The summed E-state index contributed by atoms with van der Waals surface area (Å²) in [7, 11) is 0. The van der Waals surface area contributed by atoms with Gasteiger partial charge >= 0.3 is 0 Å². The summed E-state index contributed by atoms with van der Waals surface area (Å²) in [6.45, 7) is 56.0. The Balaban J connectivity index is -0.000000221. The Morgan fingerprint density at radius 2 is 0.625 bits per heavy atom. The fourth-order valence-electron chi connectivity index (χ4n) is 7.67. The topological polar surface area (TPSA) is 109 Å². The number of azide groups is 1. The number of hydrogen-bond donors (Lipinski definition) is 3. The van der Waals surface area contributed by atoms with Crippen molar-refractivity contribution in [2.75, 3.05) is 0 Å². The van der Waals surface area contributed by atoms with Gasteiger partial charge in [-0.05, 0) is 164 Å². The van der Waals surface area contributed by atoms with E-state index in [1.54, 1.807) is 18.2 Å². The van der Waals surface area contributed by atoms with Crippen LogP contribution in [-0.4, -0.2) is 15.3 Å². The molecule has 0 aliphatic carbocycles. The number of benzene rings is 7. The van der Waals surface area contributed by atoms with Crippen molar-refractivity contribution in [3.63, 3.8) is 0 Å². The maximum Gasteiger partial charge on any atom is 0.121 e. The number of halogens is 1. The van der Waals surface area contributed by atoms with E-state index in [0.717, 1.165) is 21.7 Å². The maximum atomic E-state index is 9.60. The van der Waals surface area contributed by atoms with Crippen molar-refractivity contribution in [3.8, 4) is 17.2 Å². The number of aryl methyl sites for hydroxylation is 5. The predicted octanol–water partition coefficient (Wildman–Crippen LogP) is 27.0. The lowest BCUT2D eigenvalue weighted by atomic mass is 9.85. The second-order valence-corrected chi connectivity index (χ2v) is 29.2. The quantitative estimate of drug-likeness (QED) is 0.0865. The molecule has 0 radical (unpaired) electrons. The molecule has 0 bridgehead atoms. The summed E-state index contributed by atoms with van der Waals surface area (Å²) in [5.41, 5.74) is 25.0. The minimum atomic E-state index is 0. The Kier molecular flexibility index (Phi) is 41.6. The molecule has 0 heterocycles. The van der Waals surface area contributed by atoms with Crippen molar-refractivity contribution in [3.05, 3.63) is 234 Å². The van der Waals surface area contributed by atoms with Gasteiger partial charge in [-0.15, -0.1) is 0 Å². The Morgan fingerprint density at radius 3 is 0.932 bits per heavy atom. The van der Waals surface area contributed by atoms with Crippen LogP contribution in [0.3, 0.4) is 0 Å². The summed E-state index contributed by atoms with van der Waals surface area (Å²) in [6, 6.07) is 50.3. The van der Waals surface area contributed by atoms with Gasteiger partial charge in [-0.25, -0.2) is 0 Å². The standard InChI is InChI=1S/C12H18O.C11H16O.2C11H16.C10H13Cl.C10H13N3.C10H14O.6CH4/c1-8-6-10(12(3,4)5)7-9(2)11(8)13;1-8-7-9(11(2,3)4)5-6-10(8)12;1-9-5-7-10(8-6-9)11(2,3)4;1-9-6-5-7-10(8-9)11(2,3)4;1-10(2,3)8-4-6-9(11)7-5-8;1-10(2,3)8-4-6-9(7-5-8)12-13-11;1-10(2,3)8-4-6-9(11)7-5-8;;;;;;/h6-7,13H,1-5H3;5-7,12H,1-4H3;2*5-8H,1-4H3;4-7H,1-3H3;4-7H,1-3H3;4-7,11H,1-3H3;6*1H4. The van der Waals surface area contributed by atoms with Crippen LogP contribution >= 0.6 is 11.6 Å². The van der Waals surface area contributed by atoms with E-state index in [-0.39, 0.29) is 82.5 Å². The second kappa shape index (κ2) is 39.5. The lowest BCUT2D eigenvalue weighted by Crippen LogP contribution is -2.11. The average molecular weight is 1230 g/mol. The second-order valence-electron chi connectivity index (χ2n) is 28.7. The molecule has 7 aromatic rings. The molecule has 88 heavy (non-hydrogen) atoms. The molecule has 494 valence electrons. The third-order valence-electron chi connectivity index (χ3n) is 13.6. The van der Waals surface area contributed by atoms with Crippen molar-refractivity contribution < 1.29 is 15.3 Å². The van der Waals surface area contributed by atoms with Crippen LogP contribution in [0.5, 0.6) is 17.2 Å². The number of hydrogen-bond acceptors (Lipinski definition) is 4. The first kappa shape index (κ1) is 92.7. The Morgan fingerprint density at radius 1 is 0.330 bits per heavy atom. The van der Waals surface area contributed by atoms with Crippen LogP contribution < -0.4 is 0 Å². The van der Waals surface area contributed by atoms with E-state index in [2.05, 4.69) is 242 Å². The first-order valence-electron chi connectivity index (χ1n) is 28.7. The van der Waals surface area contributed by atoms with Gasteiger partial charge < -0.3 is 15.3 Å². The summed E-state index contributed by atoms with van der Waals surface area (Å²) < 4.78 is 0. The zero-order chi connectivity index (χ0) is 63.4. The zero-order valence-electron chi connectivity index (χ0n) is 55.5. The van der Waals surface area contributed by atoms with Crippen molar-refractivity contribution in [1.82, 2.24) is 0 Å². The van der Waals surface area contributed by atoms with Crippen molar-refractivity contribution in [2.24, 2.45) is 5.11 Å². The molecule has 0 fully saturated rings. The van der Waals surface area contributed by atoms with Crippen LogP contribution in [0.4, 0.5) is 5.69 Å². The predicted molar refractivity (Wildman–Crippen MR) is 399 cm³/mol. The molecule has 0 spiro atoms. The van der Waals surface area contributed by atoms with E-state index >= 15 is 0 Å². The number of phenolic OH excluding ortho intramolecular Hbond substituents is 3. The monoisotopic (exact) mass is 1230 g/mol. The van der Waals surface area contributed by atoms with Crippen LogP contribution in [0.25, 0.3) is 10.4 Å². The van der Waals surface area contributed by atoms with Gasteiger partial charge in [0.05, 0.1) is 0 Å². The highest BCUT2D eigenvalue weighted by Crippen LogP contribution is 2.31. The minimum absolute atomic E-state index is 0. The zero-order valence-corrected chi connectivity index (χ0v) is 56.3. The van der Waals surface area contributed by atoms with E-state index in [1.807, 2.05) is 81.4 Å². The van der Waals surface area contributed by atoms with Crippen molar-refractivity contribution in [1.29, 1.82) is 0 Å². The highest BCUT2D eigenvalue weighted by atomic mass is 35.5. The smallest absolute Gasteiger partial charge is 0.121 e. The molecular formula is C81H130ClN3O3. The number of rotatable bonds is 1. The summed E-state index contributed by atoms with van der Waals surface area (Å²) in [5.74, 6) is 1.13. The minimum Gasteiger partial charge on any atom is -0.508 e. The molecule has 0 amide bonds. The van der Waals surface area contributed by atoms with Gasteiger partial charge in [0.25, 0.3) is 0 Å². The number of aromatic hydroxyl groups is 3. The molecular weight excluding hydrogens is 1100 g/mol. The Labute approximate surface area is 548 Å². The highest BCUT2D eigenvalue weighted by molar-refractivity contribution is 6.30. The highest BCUT2D eigenvalue weighted by Gasteiger charge is 2.18. The lowest BCUT2D eigenvalue weighted by molar-refractivity contribution is 0.465. The van der Waals surface area contributed by atoms with E-state index in [9.17, 15) is 10.2 Å². The molecule has 0 aliphatic rings. The van der Waals surface area contributed by atoms with Gasteiger partial charge in [-0.3, -0.25) is 0 Å². The van der Waals surface area contributed by atoms with Gasteiger partial charge in [-0.2, -0.15) is 0 Å². The van der Waals surface area contributed by atoms with Crippen LogP contribution in [-0.2, 0) is 37.9 Å². The Bertz CT molecular complexity index is 2890. The summed E-state index contributed by atoms with van der Waals surface area (Å²) >= 11 is 5.76. The number of nitrogens with zero attached hydrogens (tertiary/aromatic N) is 3. The van der Waals surface area contributed by atoms with E-state index in [4.69, 9.17) is 22.2 Å². The SMILES string of the molecule is C.C.C.C.C.C.CC(C)(C)c1ccc(Cl)cc1.CC(C)(C)c1ccc(N=[N+]=[N-])cc1.CC(C)(C)c1ccc(O)cc1.Cc1cc(C(C)(C)C)cc(C)c1O.Cc1cc(C(C)(C)C)ccc1O.Cc1ccc(C(C)(C)C)cc1.Cc1cccc(C(C)(C)C)c1. The molecule has 7 heteroatoms. The van der Waals surface area contributed by atoms with Gasteiger partial charge in [0.2, 0.25) is 0 Å². The van der Waals surface area contributed by atoms with E-state index in [0.29, 0.717) is 22.9 Å². The summed E-state index contributed by atoms with van der Waals surface area (Å²) in [4.78, 5) is 2.72. The first-order valence-corrected chi connectivity index (χ1v) is 29.1. The Hall–Kier alpha value is -6.46. The van der Waals surface area contributed by atoms with Crippen LogP contribution in [0.1, 0.15) is 257 Å². The van der Waals surface area contributed by atoms with Crippen molar-refractivity contribution >= 4 is 17.3 Å². The maximum absolute atomic E-state index is 9.60. The van der Waals surface area contributed by atoms with Crippen LogP contribution in [0.2, 0.25) is 5.02 Å². The molecule has 0 atom stereocenters. The molecule has 0 aliphatic heterocycles. The van der Waals surface area contributed by atoms with E-state index in [1.165, 1.54) is 50.1 Å². The van der Waals surface area contributed by atoms with Crippen molar-refractivity contribution in [2.45, 2.75) is 262 Å². The molecule has 0 unspecified atom stereocenters.